The van der Waals surface area contributed by atoms with Crippen LogP contribution in [0.5, 0.6) is 17.5 Å². The van der Waals surface area contributed by atoms with Crippen molar-refractivity contribution in [3.8, 4) is 34.5 Å². The average Bonchev–Trinajstić information content (AvgIpc) is 3.28. The Morgan fingerprint density at radius 2 is 1.90 bits per heavy atom. The van der Waals surface area contributed by atoms with E-state index in [1.807, 2.05) is 26.0 Å². The van der Waals surface area contributed by atoms with Gasteiger partial charge in [-0.15, -0.1) is 0 Å². The summed E-state index contributed by atoms with van der Waals surface area (Å²) in [7, 11) is 3.10. The van der Waals surface area contributed by atoms with Gasteiger partial charge in [0, 0.05) is 23.7 Å². The van der Waals surface area contributed by atoms with E-state index in [0.29, 0.717) is 40.5 Å². The van der Waals surface area contributed by atoms with Crippen LogP contribution in [0.3, 0.4) is 0 Å². The highest BCUT2D eigenvalue weighted by atomic mass is 16.5. The number of methoxy groups -OCH3 is 2. The van der Waals surface area contributed by atoms with E-state index in [1.54, 1.807) is 41.9 Å². The summed E-state index contributed by atoms with van der Waals surface area (Å²) < 4.78 is 13.9. The first-order valence-electron chi connectivity index (χ1n) is 9.85. The molecule has 0 aliphatic carbocycles. The highest BCUT2D eigenvalue weighted by Gasteiger charge is 2.21. The fraction of sp³-hybridized carbons (Fsp3) is 0.318. The molecule has 0 bridgehead atoms. The van der Waals surface area contributed by atoms with Gasteiger partial charge in [0.05, 0.1) is 55.3 Å². The maximum atomic E-state index is 11.0. The van der Waals surface area contributed by atoms with E-state index in [4.69, 9.17) is 14.5 Å². The monoisotopic (exact) mass is 423 g/mol. The SMILES string of the molecule is COc1cc(-c2cc(C)c3c(O)n(-c4cnn(CC(C)O)c4)c(C)c3n2)cnc1OC. The molecule has 0 saturated heterocycles. The van der Waals surface area contributed by atoms with Crippen molar-refractivity contribution in [3.63, 3.8) is 0 Å². The second-order valence-corrected chi connectivity index (χ2v) is 7.50. The van der Waals surface area contributed by atoms with Crippen LogP contribution in [-0.4, -0.2) is 54.9 Å². The summed E-state index contributed by atoms with van der Waals surface area (Å²) in [6.45, 7) is 5.90. The molecule has 0 aliphatic heterocycles. The Hall–Kier alpha value is -3.59. The molecule has 1 unspecified atom stereocenters. The fourth-order valence-corrected chi connectivity index (χ4v) is 3.77. The van der Waals surface area contributed by atoms with Crippen molar-refractivity contribution >= 4 is 10.9 Å². The van der Waals surface area contributed by atoms with E-state index in [1.165, 1.54) is 7.11 Å². The molecule has 0 fully saturated rings. The number of aromatic nitrogens is 5. The molecule has 0 amide bonds. The molecular weight excluding hydrogens is 398 g/mol. The van der Waals surface area contributed by atoms with Gasteiger partial charge in [0.15, 0.2) is 5.75 Å². The zero-order valence-electron chi connectivity index (χ0n) is 18.1. The highest BCUT2D eigenvalue weighted by Crippen LogP contribution is 2.37. The lowest BCUT2D eigenvalue weighted by Gasteiger charge is -2.09. The van der Waals surface area contributed by atoms with Crippen LogP contribution in [0.4, 0.5) is 0 Å². The Bertz CT molecular complexity index is 1260. The van der Waals surface area contributed by atoms with Crippen molar-refractivity contribution in [3.05, 3.63) is 42.0 Å². The molecule has 9 nitrogen and oxygen atoms in total. The number of ether oxygens (including phenoxy) is 2. The van der Waals surface area contributed by atoms with E-state index >= 15 is 0 Å². The van der Waals surface area contributed by atoms with Gasteiger partial charge < -0.3 is 19.7 Å². The van der Waals surface area contributed by atoms with Crippen LogP contribution in [-0.2, 0) is 6.54 Å². The largest absolute Gasteiger partial charge is 0.494 e. The van der Waals surface area contributed by atoms with Crippen molar-refractivity contribution in [1.29, 1.82) is 0 Å². The Morgan fingerprint density at radius 3 is 2.58 bits per heavy atom. The third-order valence-corrected chi connectivity index (χ3v) is 5.19. The van der Waals surface area contributed by atoms with E-state index in [0.717, 1.165) is 16.8 Å². The summed E-state index contributed by atoms with van der Waals surface area (Å²) in [5.41, 5.74) is 4.53. The number of aliphatic hydroxyl groups is 1. The quantitative estimate of drug-likeness (QED) is 0.491. The van der Waals surface area contributed by atoms with E-state index in [-0.39, 0.29) is 5.88 Å². The molecule has 4 heterocycles. The van der Waals surface area contributed by atoms with Gasteiger partial charge in [-0.2, -0.15) is 5.10 Å². The van der Waals surface area contributed by atoms with Crippen LogP contribution in [0.15, 0.2) is 30.7 Å². The van der Waals surface area contributed by atoms with Crippen molar-refractivity contribution in [2.75, 3.05) is 14.2 Å². The number of hydrogen-bond donors (Lipinski definition) is 2. The molecule has 2 N–H and O–H groups in total. The van der Waals surface area contributed by atoms with Crippen LogP contribution in [0.1, 0.15) is 18.2 Å². The maximum Gasteiger partial charge on any atom is 0.256 e. The van der Waals surface area contributed by atoms with Gasteiger partial charge in [0.1, 0.15) is 0 Å². The molecule has 4 aromatic heterocycles. The second kappa shape index (κ2) is 7.92. The summed E-state index contributed by atoms with van der Waals surface area (Å²) >= 11 is 0. The van der Waals surface area contributed by atoms with Gasteiger partial charge in [-0.05, 0) is 38.5 Å². The van der Waals surface area contributed by atoms with Crippen LogP contribution >= 0.6 is 0 Å². The molecule has 4 aromatic rings. The summed E-state index contributed by atoms with van der Waals surface area (Å²) in [4.78, 5) is 9.11. The summed E-state index contributed by atoms with van der Waals surface area (Å²) in [5, 5.41) is 25.6. The molecule has 4 rings (SSSR count). The Kier molecular flexibility index (Phi) is 5.28. The first-order chi connectivity index (χ1) is 14.8. The van der Waals surface area contributed by atoms with Gasteiger partial charge >= 0.3 is 0 Å². The molecule has 0 saturated carbocycles. The van der Waals surface area contributed by atoms with E-state index in [2.05, 4.69) is 10.1 Å². The third-order valence-electron chi connectivity index (χ3n) is 5.19. The number of aryl methyl sites for hydroxylation is 2. The first-order valence-corrected chi connectivity index (χ1v) is 9.85. The average molecular weight is 423 g/mol. The lowest BCUT2D eigenvalue weighted by Crippen LogP contribution is -2.11. The van der Waals surface area contributed by atoms with Crippen molar-refractivity contribution in [2.45, 2.75) is 33.4 Å². The summed E-state index contributed by atoms with van der Waals surface area (Å²) in [5.74, 6) is 1.02. The molecule has 0 radical (unpaired) electrons. The lowest BCUT2D eigenvalue weighted by atomic mass is 10.1. The number of pyridine rings is 2. The molecule has 1 atom stereocenters. The van der Waals surface area contributed by atoms with Crippen molar-refractivity contribution in [2.24, 2.45) is 0 Å². The number of nitrogens with zero attached hydrogens (tertiary/aromatic N) is 5. The molecule has 0 aliphatic rings. The number of fused-ring (bicyclic) bond motifs is 1. The van der Waals surface area contributed by atoms with Crippen LogP contribution < -0.4 is 9.47 Å². The maximum absolute atomic E-state index is 11.0. The lowest BCUT2D eigenvalue weighted by molar-refractivity contribution is 0.168. The topological polar surface area (TPSA) is 107 Å². The first kappa shape index (κ1) is 20.7. The number of hydrogen-bond acceptors (Lipinski definition) is 7. The zero-order valence-corrected chi connectivity index (χ0v) is 18.1. The van der Waals surface area contributed by atoms with Gasteiger partial charge in [0.25, 0.3) is 5.88 Å². The van der Waals surface area contributed by atoms with Crippen molar-refractivity contribution in [1.82, 2.24) is 24.3 Å². The molecule has 0 aromatic carbocycles. The fourth-order valence-electron chi connectivity index (χ4n) is 3.77. The zero-order chi connectivity index (χ0) is 22.3. The number of aromatic hydroxyl groups is 1. The number of rotatable bonds is 6. The van der Waals surface area contributed by atoms with Gasteiger partial charge in [-0.3, -0.25) is 9.25 Å². The predicted octanol–water partition coefficient (Wildman–Crippen LogP) is 3.00. The summed E-state index contributed by atoms with van der Waals surface area (Å²) in [6.07, 6.45) is 4.60. The molecule has 31 heavy (non-hydrogen) atoms. The summed E-state index contributed by atoms with van der Waals surface area (Å²) in [6, 6.07) is 3.73. The minimum absolute atomic E-state index is 0.103. The predicted molar refractivity (Wildman–Crippen MR) is 116 cm³/mol. The van der Waals surface area contributed by atoms with Gasteiger partial charge in [-0.1, -0.05) is 0 Å². The number of aliphatic hydroxyl groups excluding tert-OH is 1. The third kappa shape index (κ3) is 3.57. The normalized spacial score (nSPS) is 12.3. The van der Waals surface area contributed by atoms with E-state index < -0.39 is 6.10 Å². The smallest absolute Gasteiger partial charge is 0.256 e. The Morgan fingerprint density at radius 1 is 1.13 bits per heavy atom. The molecular formula is C22H25N5O4. The standard InChI is InChI=1S/C22H25N5O4/c1-12-6-17(15-7-18(30-4)21(31-5)23-8-15)25-20-14(3)27(22(29)19(12)20)16-9-24-26(11-16)10-13(2)28/h6-9,11,13,28-29H,10H2,1-5H3. The minimum Gasteiger partial charge on any atom is -0.494 e. The van der Waals surface area contributed by atoms with E-state index in [9.17, 15) is 10.2 Å². The van der Waals surface area contributed by atoms with Crippen LogP contribution in [0, 0.1) is 13.8 Å². The Balaban J connectivity index is 1.85. The minimum atomic E-state index is -0.521. The second-order valence-electron chi connectivity index (χ2n) is 7.50. The van der Waals surface area contributed by atoms with Crippen LogP contribution in [0.2, 0.25) is 0 Å². The van der Waals surface area contributed by atoms with Gasteiger partial charge in [-0.25, -0.2) is 9.97 Å². The highest BCUT2D eigenvalue weighted by molar-refractivity contribution is 5.93. The van der Waals surface area contributed by atoms with Crippen molar-refractivity contribution < 1.29 is 19.7 Å². The molecule has 0 spiro atoms. The molecule has 162 valence electrons. The van der Waals surface area contributed by atoms with Gasteiger partial charge in [0.2, 0.25) is 5.88 Å². The Labute approximate surface area is 179 Å². The van der Waals surface area contributed by atoms with Crippen LogP contribution in [0.25, 0.3) is 27.8 Å². The molecule has 9 heteroatoms.